The maximum atomic E-state index is 3.71. The van der Waals surface area contributed by atoms with E-state index < -0.39 is 0 Å². The van der Waals surface area contributed by atoms with Crippen molar-refractivity contribution in [2.75, 3.05) is 7.05 Å². The van der Waals surface area contributed by atoms with Crippen LogP contribution in [0.25, 0.3) is 0 Å². The lowest BCUT2D eigenvalue weighted by molar-refractivity contribution is -0.157. The minimum absolute atomic E-state index is 0.488. The van der Waals surface area contributed by atoms with Gasteiger partial charge in [-0.3, -0.25) is 0 Å². The van der Waals surface area contributed by atoms with E-state index in [9.17, 15) is 0 Å². The highest BCUT2D eigenvalue weighted by atomic mass is 79.9. The van der Waals surface area contributed by atoms with Crippen LogP contribution in [0.3, 0.4) is 0 Å². The summed E-state index contributed by atoms with van der Waals surface area (Å²) in [5, 5.41) is 3.71. The molecule has 0 saturated heterocycles. The van der Waals surface area contributed by atoms with Crippen molar-refractivity contribution >= 4 is 27.3 Å². The standard InChI is InChI=1S/C18H26BrNS/c1-16-6-12-7-17(2,9-16)11-18(8-12,10-16)15(20-3)13-4-5-14(19)21-13/h4-5,12,15,20H,6-11H2,1-3H3. The topological polar surface area (TPSA) is 12.0 Å². The summed E-state index contributed by atoms with van der Waals surface area (Å²) in [5.41, 5.74) is 1.68. The number of halogens is 1. The summed E-state index contributed by atoms with van der Waals surface area (Å²) in [6.45, 7) is 5.14. The zero-order valence-corrected chi connectivity index (χ0v) is 15.7. The fourth-order valence-electron chi connectivity index (χ4n) is 7.09. The average Bonchev–Trinajstić information content (AvgIpc) is 2.71. The van der Waals surface area contributed by atoms with Crippen molar-refractivity contribution in [3.63, 3.8) is 0 Å². The van der Waals surface area contributed by atoms with E-state index in [2.05, 4.69) is 54.3 Å². The molecule has 0 aliphatic heterocycles. The van der Waals surface area contributed by atoms with Crippen LogP contribution in [0.1, 0.15) is 63.3 Å². The molecule has 5 rings (SSSR count). The Kier molecular flexibility index (Phi) is 3.21. The second kappa shape index (κ2) is 4.58. The Morgan fingerprint density at radius 3 is 2.29 bits per heavy atom. The summed E-state index contributed by atoms with van der Waals surface area (Å²) in [7, 11) is 2.17. The van der Waals surface area contributed by atoms with Crippen molar-refractivity contribution < 1.29 is 0 Å². The summed E-state index contributed by atoms with van der Waals surface area (Å²) >= 11 is 5.57. The summed E-state index contributed by atoms with van der Waals surface area (Å²) in [6.07, 6.45) is 8.71. The molecule has 4 bridgehead atoms. The monoisotopic (exact) mass is 367 g/mol. The van der Waals surface area contributed by atoms with Gasteiger partial charge in [0.15, 0.2) is 0 Å². The average molecular weight is 368 g/mol. The number of nitrogens with one attached hydrogen (secondary N) is 1. The van der Waals surface area contributed by atoms with Crippen LogP contribution in [0.2, 0.25) is 0 Å². The number of rotatable bonds is 3. The minimum atomic E-state index is 0.488. The Hall–Kier alpha value is 0.140. The SMILES string of the molecule is CNC(c1ccc(Br)s1)C12CC3CC(C)(CC(C)(C3)C1)C2. The van der Waals surface area contributed by atoms with Gasteiger partial charge in [-0.15, -0.1) is 11.3 Å². The van der Waals surface area contributed by atoms with Crippen molar-refractivity contribution in [3.8, 4) is 0 Å². The highest BCUT2D eigenvalue weighted by Crippen LogP contribution is 2.72. The van der Waals surface area contributed by atoms with Gasteiger partial charge >= 0.3 is 0 Å². The highest BCUT2D eigenvalue weighted by Gasteiger charge is 2.62. The number of hydrogen-bond donors (Lipinski definition) is 1. The molecule has 1 nitrogen and oxygen atoms in total. The maximum absolute atomic E-state index is 3.71. The van der Waals surface area contributed by atoms with Crippen LogP contribution in [-0.2, 0) is 0 Å². The maximum Gasteiger partial charge on any atom is 0.0701 e. The second-order valence-corrected chi connectivity index (χ2v) is 11.4. The molecule has 3 heteroatoms. The lowest BCUT2D eigenvalue weighted by Crippen LogP contribution is -2.58. The molecule has 3 unspecified atom stereocenters. The first-order valence-electron chi connectivity index (χ1n) is 8.28. The van der Waals surface area contributed by atoms with E-state index in [4.69, 9.17) is 0 Å². The third kappa shape index (κ3) is 2.26. The molecule has 4 aliphatic carbocycles. The predicted molar refractivity (Wildman–Crippen MR) is 93.7 cm³/mol. The quantitative estimate of drug-likeness (QED) is 0.714. The van der Waals surface area contributed by atoms with E-state index >= 15 is 0 Å². The van der Waals surface area contributed by atoms with Crippen LogP contribution in [0.4, 0.5) is 0 Å². The normalized spacial score (nSPS) is 46.0. The molecule has 4 aliphatic rings. The van der Waals surface area contributed by atoms with Gasteiger partial charge < -0.3 is 5.32 Å². The van der Waals surface area contributed by atoms with E-state index in [0.29, 0.717) is 22.3 Å². The lowest BCUT2D eigenvalue weighted by Gasteiger charge is -2.67. The molecule has 0 amide bonds. The Morgan fingerprint density at radius 2 is 1.81 bits per heavy atom. The van der Waals surface area contributed by atoms with Crippen molar-refractivity contribution in [2.24, 2.45) is 22.2 Å². The third-order valence-electron chi connectivity index (χ3n) is 6.45. The fraction of sp³-hybridized carbons (Fsp3) is 0.778. The van der Waals surface area contributed by atoms with Crippen LogP contribution in [0.5, 0.6) is 0 Å². The van der Waals surface area contributed by atoms with Crippen molar-refractivity contribution in [3.05, 3.63) is 20.8 Å². The molecule has 1 heterocycles. The first-order valence-corrected chi connectivity index (χ1v) is 9.89. The van der Waals surface area contributed by atoms with Crippen LogP contribution in [0.15, 0.2) is 15.9 Å². The Bertz CT molecular complexity index is 547. The van der Waals surface area contributed by atoms with Crippen molar-refractivity contribution in [1.82, 2.24) is 5.32 Å². The molecular weight excluding hydrogens is 342 g/mol. The molecule has 4 saturated carbocycles. The van der Waals surface area contributed by atoms with Gasteiger partial charge in [-0.05, 0) is 95.8 Å². The smallest absolute Gasteiger partial charge is 0.0701 e. The van der Waals surface area contributed by atoms with Gasteiger partial charge in [0.2, 0.25) is 0 Å². The summed E-state index contributed by atoms with van der Waals surface area (Å²) in [4.78, 5) is 1.53. The van der Waals surface area contributed by atoms with E-state index in [1.807, 2.05) is 11.3 Å². The Balaban J connectivity index is 1.75. The van der Waals surface area contributed by atoms with Gasteiger partial charge in [0, 0.05) is 10.9 Å². The van der Waals surface area contributed by atoms with Gasteiger partial charge in [0.05, 0.1) is 3.79 Å². The number of hydrogen-bond acceptors (Lipinski definition) is 2. The van der Waals surface area contributed by atoms with Gasteiger partial charge in [0.1, 0.15) is 0 Å². The highest BCUT2D eigenvalue weighted by molar-refractivity contribution is 9.11. The molecule has 0 radical (unpaired) electrons. The molecule has 1 aromatic rings. The summed E-state index contributed by atoms with van der Waals surface area (Å²) < 4.78 is 1.26. The Morgan fingerprint density at radius 1 is 1.14 bits per heavy atom. The lowest BCUT2D eigenvalue weighted by atomic mass is 9.39. The predicted octanol–water partition coefficient (Wildman–Crippen LogP) is 5.77. The van der Waals surface area contributed by atoms with E-state index in [0.717, 1.165) is 5.92 Å². The zero-order chi connectivity index (χ0) is 14.9. The van der Waals surface area contributed by atoms with Crippen molar-refractivity contribution in [2.45, 2.75) is 58.4 Å². The van der Waals surface area contributed by atoms with Crippen molar-refractivity contribution in [1.29, 1.82) is 0 Å². The molecule has 21 heavy (non-hydrogen) atoms. The van der Waals surface area contributed by atoms with Crippen LogP contribution < -0.4 is 5.32 Å². The molecule has 4 fully saturated rings. The van der Waals surface area contributed by atoms with Gasteiger partial charge in [-0.25, -0.2) is 0 Å². The largest absolute Gasteiger partial charge is 0.312 e. The van der Waals surface area contributed by atoms with Crippen LogP contribution >= 0.6 is 27.3 Å². The minimum Gasteiger partial charge on any atom is -0.312 e. The second-order valence-electron chi connectivity index (χ2n) is 8.86. The van der Waals surface area contributed by atoms with E-state index in [1.165, 1.54) is 47.2 Å². The number of thiophene rings is 1. The van der Waals surface area contributed by atoms with E-state index in [-0.39, 0.29) is 0 Å². The molecule has 0 aromatic carbocycles. The first-order chi connectivity index (χ1) is 9.85. The van der Waals surface area contributed by atoms with Crippen LogP contribution in [-0.4, -0.2) is 7.05 Å². The summed E-state index contributed by atoms with van der Waals surface area (Å²) in [5.74, 6) is 0.968. The molecule has 1 N–H and O–H groups in total. The zero-order valence-electron chi connectivity index (χ0n) is 13.3. The summed E-state index contributed by atoms with van der Waals surface area (Å²) in [6, 6.07) is 5.09. The van der Waals surface area contributed by atoms with E-state index in [1.54, 1.807) is 0 Å². The molecular formula is C18H26BrNS. The van der Waals surface area contributed by atoms with Crippen LogP contribution in [0, 0.1) is 22.2 Å². The molecule has 3 atom stereocenters. The molecule has 0 spiro atoms. The van der Waals surface area contributed by atoms with Gasteiger partial charge in [0.25, 0.3) is 0 Å². The van der Waals surface area contributed by atoms with Gasteiger partial charge in [-0.2, -0.15) is 0 Å². The molecule has 116 valence electrons. The fourth-order valence-corrected chi connectivity index (χ4v) is 8.77. The third-order valence-corrected chi connectivity index (χ3v) is 8.14. The first kappa shape index (κ1) is 14.7. The molecule has 1 aromatic heterocycles. The Labute approximate surface area is 141 Å². The van der Waals surface area contributed by atoms with Gasteiger partial charge in [-0.1, -0.05) is 13.8 Å².